The molecule has 1 aromatic rings. The van der Waals surface area contributed by atoms with Gasteiger partial charge in [-0.3, -0.25) is 0 Å². The van der Waals surface area contributed by atoms with Crippen LogP contribution in [-0.4, -0.2) is 16.5 Å². The van der Waals surface area contributed by atoms with Crippen molar-refractivity contribution >= 4 is 11.6 Å². The van der Waals surface area contributed by atoms with Crippen LogP contribution in [0.5, 0.6) is 0 Å². The van der Waals surface area contributed by atoms with Crippen molar-refractivity contribution in [2.75, 3.05) is 17.6 Å². The van der Waals surface area contributed by atoms with Crippen molar-refractivity contribution in [2.45, 2.75) is 46.0 Å². The normalized spacial score (nSPS) is 23.9. The lowest BCUT2D eigenvalue weighted by Gasteiger charge is -2.26. The maximum Gasteiger partial charge on any atom is 0.134 e. The molecule has 2 unspecified atom stereocenters. The molecule has 1 saturated carbocycles. The van der Waals surface area contributed by atoms with Crippen molar-refractivity contribution < 1.29 is 0 Å². The van der Waals surface area contributed by atoms with Gasteiger partial charge in [-0.25, -0.2) is 9.97 Å². The lowest BCUT2D eigenvalue weighted by atomic mass is 9.81. The molecule has 2 atom stereocenters. The molecule has 1 aromatic heterocycles. The fraction of sp³-hybridized carbons (Fsp3) is 0.714. The van der Waals surface area contributed by atoms with Gasteiger partial charge in [-0.15, -0.1) is 0 Å². The van der Waals surface area contributed by atoms with Crippen molar-refractivity contribution in [3.05, 3.63) is 11.9 Å². The number of aromatic nitrogens is 2. The molecule has 2 rings (SSSR count). The second kappa shape index (κ2) is 6.03. The van der Waals surface area contributed by atoms with Crippen LogP contribution in [0.1, 0.15) is 44.6 Å². The molecule has 0 bridgehead atoms. The zero-order valence-electron chi connectivity index (χ0n) is 11.4. The van der Waals surface area contributed by atoms with E-state index in [1.165, 1.54) is 38.4 Å². The van der Waals surface area contributed by atoms with E-state index in [1.54, 1.807) is 0 Å². The highest BCUT2D eigenvalue weighted by Gasteiger charge is 2.18. The molecule has 1 aliphatic carbocycles. The number of hydrogen-bond donors (Lipinski definition) is 2. The molecule has 0 aliphatic heterocycles. The average molecular weight is 248 g/mol. The van der Waals surface area contributed by atoms with Crippen LogP contribution in [0.4, 0.5) is 11.6 Å². The van der Waals surface area contributed by atoms with Crippen LogP contribution >= 0.6 is 0 Å². The number of nitrogens with one attached hydrogen (secondary N) is 1. The van der Waals surface area contributed by atoms with Gasteiger partial charge in [-0.1, -0.05) is 26.2 Å². The molecule has 18 heavy (non-hydrogen) atoms. The summed E-state index contributed by atoms with van der Waals surface area (Å²) in [7, 11) is 0. The third-order valence-electron chi connectivity index (χ3n) is 4.01. The Balaban J connectivity index is 1.79. The summed E-state index contributed by atoms with van der Waals surface area (Å²) in [5, 5.41) is 3.38. The van der Waals surface area contributed by atoms with E-state index in [2.05, 4.69) is 22.2 Å². The Bertz CT molecular complexity index is 391. The van der Waals surface area contributed by atoms with E-state index in [-0.39, 0.29) is 0 Å². The molecule has 0 spiro atoms. The van der Waals surface area contributed by atoms with Gasteiger partial charge in [0.2, 0.25) is 0 Å². The van der Waals surface area contributed by atoms with Gasteiger partial charge in [-0.05, 0) is 31.6 Å². The van der Waals surface area contributed by atoms with Gasteiger partial charge in [0.1, 0.15) is 18.0 Å². The minimum atomic E-state index is 0.568. The fourth-order valence-electron chi connectivity index (χ4n) is 2.86. The van der Waals surface area contributed by atoms with Crippen LogP contribution in [0, 0.1) is 18.8 Å². The highest BCUT2D eigenvalue weighted by Crippen LogP contribution is 2.30. The number of nitrogens with zero attached hydrogens (tertiary/aromatic N) is 2. The van der Waals surface area contributed by atoms with E-state index >= 15 is 0 Å². The zero-order chi connectivity index (χ0) is 13.0. The van der Waals surface area contributed by atoms with Gasteiger partial charge < -0.3 is 11.1 Å². The van der Waals surface area contributed by atoms with Crippen LogP contribution in [0.25, 0.3) is 0 Å². The highest BCUT2D eigenvalue weighted by molar-refractivity contribution is 5.53. The Morgan fingerprint density at radius 1 is 1.39 bits per heavy atom. The maximum atomic E-state index is 5.76. The second-order valence-electron chi connectivity index (χ2n) is 5.59. The smallest absolute Gasteiger partial charge is 0.134 e. The van der Waals surface area contributed by atoms with Crippen LogP contribution < -0.4 is 11.1 Å². The predicted octanol–water partition coefficient (Wildman–Crippen LogP) is 3.00. The van der Waals surface area contributed by atoms with Gasteiger partial charge in [0, 0.05) is 12.1 Å². The Morgan fingerprint density at radius 3 is 3.00 bits per heavy atom. The Labute approximate surface area is 109 Å². The van der Waals surface area contributed by atoms with Crippen molar-refractivity contribution in [2.24, 2.45) is 11.8 Å². The van der Waals surface area contributed by atoms with E-state index in [9.17, 15) is 0 Å². The lowest BCUT2D eigenvalue weighted by Crippen LogP contribution is -2.17. The molecule has 0 aromatic carbocycles. The predicted molar refractivity (Wildman–Crippen MR) is 75.4 cm³/mol. The first kappa shape index (κ1) is 13.1. The molecule has 0 saturated heterocycles. The summed E-state index contributed by atoms with van der Waals surface area (Å²) >= 11 is 0. The SMILES string of the molecule is Cc1c(N)ncnc1NCCC1CCCC(C)C1. The maximum absolute atomic E-state index is 5.76. The molecule has 3 N–H and O–H groups in total. The Morgan fingerprint density at radius 2 is 2.22 bits per heavy atom. The molecule has 100 valence electrons. The lowest BCUT2D eigenvalue weighted by molar-refractivity contribution is 0.274. The standard InChI is InChI=1S/C14H24N4/c1-10-4-3-5-12(8-10)6-7-16-14-11(2)13(15)17-9-18-14/h9-10,12H,3-8H2,1-2H3,(H3,15,16,17,18). The first-order valence-electron chi connectivity index (χ1n) is 6.97. The third-order valence-corrected chi connectivity index (χ3v) is 4.01. The second-order valence-corrected chi connectivity index (χ2v) is 5.59. The minimum absolute atomic E-state index is 0.568. The molecule has 0 amide bonds. The number of nitrogen functional groups attached to an aromatic ring is 1. The monoisotopic (exact) mass is 248 g/mol. The van der Waals surface area contributed by atoms with E-state index in [0.29, 0.717) is 5.82 Å². The van der Waals surface area contributed by atoms with Gasteiger partial charge in [0.25, 0.3) is 0 Å². The molecular weight excluding hydrogens is 224 g/mol. The summed E-state index contributed by atoms with van der Waals surface area (Å²) in [4.78, 5) is 8.21. The van der Waals surface area contributed by atoms with Crippen LogP contribution in [0.3, 0.4) is 0 Å². The Hall–Kier alpha value is -1.32. The zero-order valence-corrected chi connectivity index (χ0v) is 11.4. The number of anilines is 2. The first-order valence-corrected chi connectivity index (χ1v) is 6.97. The van der Waals surface area contributed by atoms with Crippen molar-refractivity contribution in [3.63, 3.8) is 0 Å². The van der Waals surface area contributed by atoms with E-state index in [4.69, 9.17) is 5.73 Å². The van der Waals surface area contributed by atoms with Crippen LogP contribution in [0.15, 0.2) is 6.33 Å². The molecular formula is C14H24N4. The fourth-order valence-corrected chi connectivity index (χ4v) is 2.86. The summed E-state index contributed by atoms with van der Waals surface area (Å²) in [6, 6.07) is 0. The van der Waals surface area contributed by atoms with Crippen molar-refractivity contribution in [1.82, 2.24) is 9.97 Å². The molecule has 1 fully saturated rings. The number of rotatable bonds is 4. The summed E-state index contributed by atoms with van der Waals surface area (Å²) in [6.07, 6.45) is 8.32. The minimum Gasteiger partial charge on any atom is -0.383 e. The summed E-state index contributed by atoms with van der Waals surface area (Å²) in [5.74, 6) is 3.23. The largest absolute Gasteiger partial charge is 0.383 e. The molecule has 0 radical (unpaired) electrons. The summed E-state index contributed by atoms with van der Waals surface area (Å²) in [5.41, 5.74) is 6.72. The number of hydrogen-bond acceptors (Lipinski definition) is 4. The quantitative estimate of drug-likeness (QED) is 0.859. The van der Waals surface area contributed by atoms with Gasteiger partial charge in [0.05, 0.1) is 0 Å². The summed E-state index contributed by atoms with van der Waals surface area (Å²) in [6.45, 7) is 5.31. The average Bonchev–Trinajstić information content (AvgIpc) is 2.35. The van der Waals surface area contributed by atoms with E-state index in [1.807, 2.05) is 6.92 Å². The number of nitrogens with two attached hydrogens (primary N) is 1. The molecule has 4 heteroatoms. The van der Waals surface area contributed by atoms with E-state index in [0.717, 1.165) is 29.8 Å². The van der Waals surface area contributed by atoms with Gasteiger partial charge in [-0.2, -0.15) is 0 Å². The van der Waals surface area contributed by atoms with Crippen molar-refractivity contribution in [1.29, 1.82) is 0 Å². The van der Waals surface area contributed by atoms with Gasteiger partial charge in [0.15, 0.2) is 0 Å². The topological polar surface area (TPSA) is 63.8 Å². The summed E-state index contributed by atoms with van der Waals surface area (Å²) < 4.78 is 0. The Kier molecular flexibility index (Phi) is 4.39. The van der Waals surface area contributed by atoms with Crippen LogP contribution in [0.2, 0.25) is 0 Å². The van der Waals surface area contributed by atoms with E-state index < -0.39 is 0 Å². The molecule has 4 nitrogen and oxygen atoms in total. The van der Waals surface area contributed by atoms with Gasteiger partial charge >= 0.3 is 0 Å². The van der Waals surface area contributed by atoms with Crippen LogP contribution in [-0.2, 0) is 0 Å². The molecule has 1 heterocycles. The van der Waals surface area contributed by atoms with Crippen molar-refractivity contribution in [3.8, 4) is 0 Å². The third kappa shape index (κ3) is 3.34. The highest BCUT2D eigenvalue weighted by atomic mass is 15.0. The molecule has 1 aliphatic rings. The first-order chi connectivity index (χ1) is 8.66.